The van der Waals surface area contributed by atoms with E-state index in [-0.39, 0.29) is 28.4 Å². The van der Waals surface area contributed by atoms with E-state index in [9.17, 15) is 19.2 Å². The molecule has 1 aliphatic rings. The fourth-order valence-corrected chi connectivity index (χ4v) is 4.39. The van der Waals surface area contributed by atoms with Crippen LogP contribution in [0.15, 0.2) is 70.4 Å². The van der Waals surface area contributed by atoms with E-state index in [1.54, 1.807) is 37.3 Å². The van der Waals surface area contributed by atoms with Crippen LogP contribution in [0.1, 0.15) is 18.4 Å². The third kappa shape index (κ3) is 4.96. The van der Waals surface area contributed by atoms with Crippen molar-refractivity contribution in [2.24, 2.45) is 0 Å². The van der Waals surface area contributed by atoms with Crippen molar-refractivity contribution < 1.29 is 18.7 Å². The smallest absolute Gasteiger partial charge is 0.336 e. The van der Waals surface area contributed by atoms with Gasteiger partial charge in [0.1, 0.15) is 5.82 Å². The maximum atomic E-state index is 14.7. The summed E-state index contributed by atoms with van der Waals surface area (Å²) in [4.78, 5) is 24.9. The van der Waals surface area contributed by atoms with E-state index >= 15 is 0 Å². The van der Waals surface area contributed by atoms with Crippen LogP contribution in [0.2, 0.25) is 5.02 Å². The van der Waals surface area contributed by atoms with Crippen LogP contribution in [0.5, 0.6) is 0 Å². The van der Waals surface area contributed by atoms with Gasteiger partial charge in [0.05, 0.1) is 51.7 Å². The first-order valence-electron chi connectivity index (χ1n) is 9.49. The third-order valence-corrected chi connectivity index (χ3v) is 6.11. The molecule has 0 aliphatic carbocycles. The molecule has 164 valence electrons. The monoisotopic (exact) mass is 471 g/mol. The molecule has 1 amide bonds. The number of methoxy groups -OCH3 is 1. The Labute approximate surface area is 194 Å². The second-order valence-corrected chi connectivity index (χ2v) is 8.17. The fraction of sp³-hybridized carbons (Fsp3) is 0.174. The predicted octanol–water partition coefficient (Wildman–Crippen LogP) is 4.72. The first kappa shape index (κ1) is 23.4. The summed E-state index contributed by atoms with van der Waals surface area (Å²) in [5, 5.41) is 16.4. The Morgan fingerprint density at radius 1 is 1.25 bits per heavy atom. The Morgan fingerprint density at radius 3 is 2.59 bits per heavy atom. The zero-order valence-corrected chi connectivity index (χ0v) is 18.8. The molecule has 0 aromatic heterocycles. The number of benzene rings is 2. The maximum absolute atomic E-state index is 14.7. The molecular weight excluding hydrogens is 453 g/mol. The second-order valence-electron chi connectivity index (χ2n) is 6.78. The number of carbonyl (C=O) groups is 2. The van der Waals surface area contributed by atoms with Crippen molar-refractivity contribution in [2.75, 3.05) is 18.2 Å². The number of nitriles is 1. The van der Waals surface area contributed by atoms with Gasteiger partial charge in [0.2, 0.25) is 5.91 Å². The van der Waals surface area contributed by atoms with E-state index in [0.717, 1.165) is 11.8 Å². The van der Waals surface area contributed by atoms with Crippen LogP contribution in [0.3, 0.4) is 0 Å². The number of dihydropyridines is 1. The molecule has 1 heterocycles. The number of para-hydroxylation sites is 1. The second kappa shape index (κ2) is 10.4. The lowest BCUT2D eigenvalue weighted by Gasteiger charge is -2.29. The largest absolute Gasteiger partial charge is 0.466 e. The van der Waals surface area contributed by atoms with Gasteiger partial charge < -0.3 is 15.4 Å². The number of nitrogens with one attached hydrogen (secondary N) is 2. The summed E-state index contributed by atoms with van der Waals surface area (Å²) in [7, 11) is 1.22. The molecule has 1 atom stereocenters. The average molecular weight is 472 g/mol. The van der Waals surface area contributed by atoms with Crippen LogP contribution in [0, 0.1) is 17.1 Å². The Kier molecular flexibility index (Phi) is 7.57. The zero-order chi connectivity index (χ0) is 23.3. The van der Waals surface area contributed by atoms with Crippen molar-refractivity contribution >= 4 is 40.9 Å². The quantitative estimate of drug-likeness (QED) is 0.592. The van der Waals surface area contributed by atoms with Gasteiger partial charge in [-0.15, -0.1) is 0 Å². The van der Waals surface area contributed by atoms with Crippen molar-refractivity contribution in [3.63, 3.8) is 0 Å². The minimum atomic E-state index is -0.968. The molecular formula is C23H19ClFN3O3S. The zero-order valence-electron chi connectivity index (χ0n) is 17.2. The fourth-order valence-electron chi connectivity index (χ4n) is 3.31. The number of anilines is 1. The molecule has 6 nitrogen and oxygen atoms in total. The number of ether oxygens (including phenoxy) is 1. The number of amides is 1. The summed E-state index contributed by atoms with van der Waals surface area (Å²) in [5.41, 5.74) is 1.32. The molecule has 1 unspecified atom stereocenters. The average Bonchev–Trinajstić information content (AvgIpc) is 2.78. The summed E-state index contributed by atoms with van der Waals surface area (Å²) >= 11 is 7.15. The molecule has 2 aromatic carbocycles. The number of nitrogens with zero attached hydrogens (tertiary/aromatic N) is 1. The van der Waals surface area contributed by atoms with E-state index in [1.165, 1.54) is 25.3 Å². The molecule has 0 saturated heterocycles. The van der Waals surface area contributed by atoms with Gasteiger partial charge in [0.15, 0.2) is 0 Å². The Morgan fingerprint density at radius 2 is 1.94 bits per heavy atom. The van der Waals surface area contributed by atoms with E-state index < -0.39 is 17.7 Å². The van der Waals surface area contributed by atoms with Gasteiger partial charge in [-0.05, 0) is 25.1 Å². The Bertz CT molecular complexity index is 1170. The van der Waals surface area contributed by atoms with E-state index in [0.29, 0.717) is 21.4 Å². The lowest BCUT2D eigenvalue weighted by Crippen LogP contribution is -2.29. The van der Waals surface area contributed by atoms with Gasteiger partial charge in [0.25, 0.3) is 0 Å². The number of allylic oxidation sites excluding steroid dienone is 2. The van der Waals surface area contributed by atoms with Crippen LogP contribution in [0.25, 0.3) is 0 Å². The maximum Gasteiger partial charge on any atom is 0.336 e. The molecule has 0 radical (unpaired) electrons. The molecule has 3 rings (SSSR count). The van der Waals surface area contributed by atoms with Gasteiger partial charge in [0, 0.05) is 11.3 Å². The molecule has 0 bridgehead atoms. The van der Waals surface area contributed by atoms with Crippen molar-refractivity contribution in [2.45, 2.75) is 12.8 Å². The number of carbonyl (C=O) groups excluding carboxylic acids is 2. The van der Waals surface area contributed by atoms with Crippen LogP contribution in [-0.4, -0.2) is 24.7 Å². The van der Waals surface area contributed by atoms with Crippen LogP contribution in [0.4, 0.5) is 10.1 Å². The van der Waals surface area contributed by atoms with Crippen LogP contribution in [-0.2, 0) is 14.3 Å². The van der Waals surface area contributed by atoms with Crippen molar-refractivity contribution in [3.05, 3.63) is 86.8 Å². The Hall–Kier alpha value is -3.28. The summed E-state index contributed by atoms with van der Waals surface area (Å²) in [6.07, 6.45) is 0. The van der Waals surface area contributed by atoms with Gasteiger partial charge in [-0.1, -0.05) is 53.7 Å². The summed E-state index contributed by atoms with van der Waals surface area (Å²) < 4.78 is 19.5. The molecule has 2 N–H and O–H groups in total. The summed E-state index contributed by atoms with van der Waals surface area (Å²) in [6, 6.07) is 14.8. The number of hydrogen-bond donors (Lipinski definition) is 2. The highest BCUT2D eigenvalue weighted by Gasteiger charge is 2.36. The summed E-state index contributed by atoms with van der Waals surface area (Å²) in [5.74, 6) is -2.57. The lowest BCUT2D eigenvalue weighted by atomic mass is 9.82. The van der Waals surface area contributed by atoms with Crippen LogP contribution < -0.4 is 10.6 Å². The molecule has 2 aromatic rings. The SMILES string of the molecule is COC(=O)C1=C(C)NC(SCC(=O)Nc2ccccc2Cl)=C(C#N)C1c1ccccc1F. The summed E-state index contributed by atoms with van der Waals surface area (Å²) in [6.45, 7) is 1.64. The van der Waals surface area contributed by atoms with E-state index in [1.807, 2.05) is 0 Å². The first-order chi connectivity index (χ1) is 15.4. The van der Waals surface area contributed by atoms with Crippen molar-refractivity contribution in [3.8, 4) is 6.07 Å². The molecule has 32 heavy (non-hydrogen) atoms. The molecule has 1 aliphatic heterocycles. The molecule has 0 fully saturated rings. The topological polar surface area (TPSA) is 91.2 Å². The van der Waals surface area contributed by atoms with Gasteiger partial charge in [-0.25, -0.2) is 9.18 Å². The van der Waals surface area contributed by atoms with E-state index in [4.69, 9.17) is 16.3 Å². The Balaban J connectivity index is 1.92. The van der Waals surface area contributed by atoms with Crippen molar-refractivity contribution in [1.29, 1.82) is 5.26 Å². The molecule has 9 heteroatoms. The highest BCUT2D eigenvalue weighted by atomic mass is 35.5. The van der Waals surface area contributed by atoms with Gasteiger partial charge in [-0.2, -0.15) is 5.26 Å². The third-order valence-electron chi connectivity index (χ3n) is 4.76. The predicted molar refractivity (Wildman–Crippen MR) is 122 cm³/mol. The molecule has 0 saturated carbocycles. The van der Waals surface area contributed by atoms with Gasteiger partial charge >= 0.3 is 5.97 Å². The minimum absolute atomic E-state index is 0.0381. The van der Waals surface area contributed by atoms with Gasteiger partial charge in [-0.3, -0.25) is 4.79 Å². The minimum Gasteiger partial charge on any atom is -0.466 e. The lowest BCUT2D eigenvalue weighted by molar-refractivity contribution is -0.136. The molecule has 0 spiro atoms. The highest BCUT2D eigenvalue weighted by molar-refractivity contribution is 8.03. The standard InChI is InChI=1S/C23H19ClFN3O3S/c1-13-20(23(30)31-2)21(14-7-3-5-9-17(14)25)15(11-26)22(27-13)32-12-19(29)28-18-10-6-4-8-16(18)24/h3-10,21,27H,12H2,1-2H3,(H,28,29). The highest BCUT2D eigenvalue weighted by Crippen LogP contribution is 2.41. The normalized spacial score (nSPS) is 15.7. The number of rotatable bonds is 6. The van der Waals surface area contributed by atoms with Crippen LogP contribution >= 0.6 is 23.4 Å². The number of halogens is 2. The first-order valence-corrected chi connectivity index (χ1v) is 10.9. The van der Waals surface area contributed by atoms with Crippen molar-refractivity contribution in [1.82, 2.24) is 5.32 Å². The number of hydrogen-bond acceptors (Lipinski definition) is 6. The van der Waals surface area contributed by atoms with E-state index in [2.05, 4.69) is 16.7 Å². The number of thioether (sulfide) groups is 1. The number of esters is 1.